The van der Waals surface area contributed by atoms with Gasteiger partial charge in [0.2, 0.25) is 0 Å². The molecule has 1 fully saturated rings. The lowest BCUT2D eigenvalue weighted by molar-refractivity contribution is 0.196. The fourth-order valence-electron chi connectivity index (χ4n) is 3.89. The summed E-state index contributed by atoms with van der Waals surface area (Å²) in [5, 5.41) is 11.5. The zero-order valence-electron chi connectivity index (χ0n) is 18.4. The van der Waals surface area contributed by atoms with Crippen molar-refractivity contribution in [3.8, 4) is 5.69 Å². The normalized spacial score (nSPS) is 15.6. The lowest BCUT2D eigenvalue weighted by Gasteiger charge is -2.32. The average Bonchev–Trinajstić information content (AvgIpc) is 3.29. The monoisotopic (exact) mass is 435 g/mol. The second-order valence-electron chi connectivity index (χ2n) is 7.99. The molecule has 8 heteroatoms. The molecule has 1 aliphatic heterocycles. The molecule has 4 rings (SSSR count). The number of aromatic nitrogens is 3. The molecule has 168 valence electrons. The van der Waals surface area contributed by atoms with Crippen molar-refractivity contribution in [1.29, 1.82) is 0 Å². The van der Waals surface area contributed by atoms with Crippen molar-refractivity contribution < 1.29 is 4.39 Å². The maximum absolute atomic E-state index is 13.1. The van der Waals surface area contributed by atoms with Gasteiger partial charge in [0.15, 0.2) is 5.96 Å². The fourth-order valence-corrected chi connectivity index (χ4v) is 3.89. The maximum Gasteiger partial charge on any atom is 0.191 e. The lowest BCUT2D eigenvalue weighted by atomic mass is 10.0. The molecule has 0 amide bonds. The largest absolute Gasteiger partial charge is 0.356 e. The molecule has 1 aliphatic rings. The Hall–Kier alpha value is -3.26. The van der Waals surface area contributed by atoms with Gasteiger partial charge in [0.1, 0.15) is 5.82 Å². The van der Waals surface area contributed by atoms with Crippen molar-refractivity contribution in [2.24, 2.45) is 4.99 Å². The van der Waals surface area contributed by atoms with Crippen molar-refractivity contribution in [1.82, 2.24) is 30.3 Å². The number of likely N-dealkylation sites (tertiary alicyclic amines) is 1. The van der Waals surface area contributed by atoms with E-state index in [0.717, 1.165) is 68.5 Å². The van der Waals surface area contributed by atoms with Gasteiger partial charge in [-0.3, -0.25) is 14.9 Å². The Labute approximate surface area is 188 Å². The molecule has 0 saturated carbocycles. The summed E-state index contributed by atoms with van der Waals surface area (Å²) in [6, 6.07) is 14.8. The highest BCUT2D eigenvalue weighted by Gasteiger charge is 2.20. The van der Waals surface area contributed by atoms with E-state index >= 15 is 0 Å². The molecular weight excluding hydrogens is 405 g/mol. The van der Waals surface area contributed by atoms with Crippen LogP contribution in [0.2, 0.25) is 0 Å². The van der Waals surface area contributed by atoms with Crippen molar-refractivity contribution in [2.75, 3.05) is 26.7 Å². The molecule has 0 spiro atoms. The minimum absolute atomic E-state index is 0.247. The SMILES string of the molecule is CN=C(NCCc1ccn(-c2ccc(F)cc2)n1)NC1CCN(Cc2ccccn2)CC1. The predicted octanol–water partition coefficient (Wildman–Crippen LogP) is 2.78. The summed E-state index contributed by atoms with van der Waals surface area (Å²) in [6.07, 6.45) is 6.68. The molecule has 3 heterocycles. The van der Waals surface area contributed by atoms with E-state index in [1.165, 1.54) is 12.1 Å². The summed E-state index contributed by atoms with van der Waals surface area (Å²) in [4.78, 5) is 11.2. The zero-order valence-corrected chi connectivity index (χ0v) is 18.4. The highest BCUT2D eigenvalue weighted by Crippen LogP contribution is 2.13. The van der Waals surface area contributed by atoms with Gasteiger partial charge in [-0.25, -0.2) is 9.07 Å². The van der Waals surface area contributed by atoms with E-state index in [1.54, 1.807) is 23.9 Å². The highest BCUT2D eigenvalue weighted by molar-refractivity contribution is 5.79. The van der Waals surface area contributed by atoms with Gasteiger partial charge in [-0.05, 0) is 55.3 Å². The van der Waals surface area contributed by atoms with Crippen LogP contribution in [-0.4, -0.2) is 58.3 Å². The van der Waals surface area contributed by atoms with Gasteiger partial charge in [-0.15, -0.1) is 0 Å². The minimum atomic E-state index is -0.247. The maximum atomic E-state index is 13.1. The first-order valence-electron chi connectivity index (χ1n) is 11.1. The Morgan fingerprint density at radius 2 is 1.91 bits per heavy atom. The smallest absolute Gasteiger partial charge is 0.191 e. The Balaban J connectivity index is 1.18. The van der Waals surface area contributed by atoms with E-state index in [0.29, 0.717) is 6.04 Å². The molecule has 32 heavy (non-hydrogen) atoms. The minimum Gasteiger partial charge on any atom is -0.356 e. The molecule has 0 unspecified atom stereocenters. The number of piperidine rings is 1. The number of aliphatic imine (C=N–C) groups is 1. The summed E-state index contributed by atoms with van der Waals surface area (Å²) in [5.74, 6) is 0.578. The van der Waals surface area contributed by atoms with Crippen LogP contribution in [0.5, 0.6) is 0 Å². The Bertz CT molecular complexity index is 993. The molecule has 3 aromatic rings. The number of guanidine groups is 1. The van der Waals surface area contributed by atoms with Gasteiger partial charge >= 0.3 is 0 Å². The number of pyridine rings is 1. The van der Waals surface area contributed by atoms with E-state index in [4.69, 9.17) is 0 Å². The fraction of sp³-hybridized carbons (Fsp3) is 0.375. The number of rotatable bonds is 7. The Morgan fingerprint density at radius 3 is 2.62 bits per heavy atom. The molecule has 0 bridgehead atoms. The molecule has 2 N–H and O–H groups in total. The van der Waals surface area contributed by atoms with Gasteiger partial charge in [0.05, 0.1) is 17.1 Å². The van der Waals surface area contributed by atoms with Gasteiger partial charge in [-0.2, -0.15) is 5.10 Å². The second kappa shape index (κ2) is 10.9. The molecule has 1 saturated heterocycles. The first-order valence-corrected chi connectivity index (χ1v) is 11.1. The second-order valence-corrected chi connectivity index (χ2v) is 7.99. The number of benzene rings is 1. The first-order chi connectivity index (χ1) is 15.7. The van der Waals surface area contributed by atoms with Crippen LogP contribution < -0.4 is 10.6 Å². The van der Waals surface area contributed by atoms with Crippen LogP contribution in [0, 0.1) is 5.82 Å². The van der Waals surface area contributed by atoms with Crippen molar-refractivity contribution in [2.45, 2.75) is 31.8 Å². The van der Waals surface area contributed by atoms with Gasteiger partial charge in [-0.1, -0.05) is 6.07 Å². The number of nitrogens with zero attached hydrogens (tertiary/aromatic N) is 5. The summed E-state index contributed by atoms with van der Waals surface area (Å²) in [5.41, 5.74) is 2.94. The summed E-state index contributed by atoms with van der Waals surface area (Å²) in [6.45, 7) is 3.74. The van der Waals surface area contributed by atoms with Crippen LogP contribution in [0.15, 0.2) is 65.9 Å². The van der Waals surface area contributed by atoms with Crippen molar-refractivity contribution >= 4 is 5.96 Å². The summed E-state index contributed by atoms with van der Waals surface area (Å²) >= 11 is 0. The van der Waals surface area contributed by atoms with Crippen LogP contribution in [0.1, 0.15) is 24.2 Å². The van der Waals surface area contributed by atoms with Crippen LogP contribution >= 0.6 is 0 Å². The third kappa shape index (κ3) is 6.13. The zero-order chi connectivity index (χ0) is 22.2. The van der Waals surface area contributed by atoms with Crippen LogP contribution in [0.3, 0.4) is 0 Å². The quantitative estimate of drug-likeness (QED) is 0.441. The van der Waals surface area contributed by atoms with E-state index < -0.39 is 0 Å². The molecule has 1 aromatic carbocycles. The molecule has 0 aliphatic carbocycles. The van der Waals surface area contributed by atoms with Crippen LogP contribution in [0.4, 0.5) is 4.39 Å². The van der Waals surface area contributed by atoms with Crippen LogP contribution in [0.25, 0.3) is 5.69 Å². The Kier molecular flexibility index (Phi) is 7.45. The van der Waals surface area contributed by atoms with E-state index in [2.05, 4.69) is 36.7 Å². The summed E-state index contributed by atoms with van der Waals surface area (Å²) in [7, 11) is 1.80. The van der Waals surface area contributed by atoms with Crippen molar-refractivity contribution in [3.63, 3.8) is 0 Å². The molecule has 0 atom stereocenters. The van der Waals surface area contributed by atoms with E-state index in [-0.39, 0.29) is 5.82 Å². The number of nitrogens with one attached hydrogen (secondary N) is 2. The highest BCUT2D eigenvalue weighted by atomic mass is 19.1. The average molecular weight is 436 g/mol. The third-order valence-corrected chi connectivity index (χ3v) is 5.67. The van der Waals surface area contributed by atoms with Crippen LogP contribution in [-0.2, 0) is 13.0 Å². The van der Waals surface area contributed by atoms with Crippen molar-refractivity contribution in [3.05, 3.63) is 78.1 Å². The molecular formula is C24H30FN7. The lowest BCUT2D eigenvalue weighted by Crippen LogP contribution is -2.48. The van der Waals surface area contributed by atoms with Gasteiger partial charge in [0.25, 0.3) is 0 Å². The number of hydrogen-bond acceptors (Lipinski definition) is 4. The molecule has 7 nitrogen and oxygen atoms in total. The van der Waals surface area contributed by atoms with E-state index in [9.17, 15) is 4.39 Å². The molecule has 0 radical (unpaired) electrons. The standard InChI is InChI=1S/C24H30FN7/c1-26-24(29-20-10-15-31(16-11-20)18-22-4-2-3-13-27-22)28-14-9-21-12-17-32(30-21)23-7-5-19(25)6-8-23/h2-8,12-13,17,20H,9-11,14-16,18H2,1H3,(H2,26,28,29). The van der Waals surface area contributed by atoms with Gasteiger partial charge in [0, 0.05) is 58.1 Å². The summed E-state index contributed by atoms with van der Waals surface area (Å²) < 4.78 is 14.9. The topological polar surface area (TPSA) is 70.4 Å². The van der Waals surface area contributed by atoms with E-state index in [1.807, 2.05) is 30.6 Å². The Morgan fingerprint density at radius 1 is 1.09 bits per heavy atom. The number of halogens is 1. The van der Waals surface area contributed by atoms with Gasteiger partial charge < -0.3 is 10.6 Å². The first kappa shape index (κ1) is 22.0. The molecule has 2 aromatic heterocycles. The predicted molar refractivity (Wildman–Crippen MR) is 124 cm³/mol. The third-order valence-electron chi connectivity index (χ3n) is 5.67. The number of hydrogen-bond donors (Lipinski definition) is 2.